The summed E-state index contributed by atoms with van der Waals surface area (Å²) in [6, 6.07) is 5.93. The molecule has 27 heavy (non-hydrogen) atoms. The Morgan fingerprint density at radius 2 is 2.04 bits per heavy atom. The Labute approximate surface area is 158 Å². The number of primary amides is 1. The van der Waals surface area contributed by atoms with Gasteiger partial charge in [0.2, 0.25) is 11.8 Å². The van der Waals surface area contributed by atoms with Crippen molar-refractivity contribution in [3.8, 4) is 5.75 Å². The lowest BCUT2D eigenvalue weighted by Gasteiger charge is -2.14. The summed E-state index contributed by atoms with van der Waals surface area (Å²) in [6.07, 6.45) is 0.492. The van der Waals surface area contributed by atoms with Crippen molar-refractivity contribution in [3.63, 3.8) is 0 Å². The molecule has 0 radical (unpaired) electrons. The maximum absolute atomic E-state index is 12.5. The Morgan fingerprint density at radius 3 is 2.70 bits per heavy atom. The molecule has 0 aliphatic carbocycles. The van der Waals surface area contributed by atoms with Gasteiger partial charge in [-0.25, -0.2) is 0 Å². The second-order valence-electron chi connectivity index (χ2n) is 5.55. The fourth-order valence-electron chi connectivity index (χ4n) is 2.12. The van der Waals surface area contributed by atoms with Crippen LogP contribution in [-0.2, 0) is 23.1 Å². The van der Waals surface area contributed by atoms with Crippen LogP contribution >= 0.6 is 11.8 Å². The number of carbonyl (C=O) groups excluding carboxylic acids is 2. The predicted octanol–water partition coefficient (Wildman–Crippen LogP) is 1.95. The van der Waals surface area contributed by atoms with Crippen molar-refractivity contribution in [2.24, 2.45) is 12.8 Å². The monoisotopic (exact) mass is 399 g/mol. The summed E-state index contributed by atoms with van der Waals surface area (Å²) in [6.45, 7) is -1.35. The zero-order valence-corrected chi connectivity index (χ0v) is 15.5. The first-order valence-corrected chi connectivity index (χ1v) is 8.83. The van der Waals surface area contributed by atoms with E-state index in [1.807, 2.05) is 0 Å². The van der Waals surface area contributed by atoms with Crippen molar-refractivity contribution in [1.82, 2.24) is 14.8 Å². The van der Waals surface area contributed by atoms with Gasteiger partial charge in [0.05, 0.1) is 10.9 Å². The first kappa shape index (κ1) is 20.6. The second kappa shape index (κ2) is 9.31. The zero-order valence-electron chi connectivity index (χ0n) is 14.7. The summed E-state index contributed by atoms with van der Waals surface area (Å²) in [5.41, 5.74) is 5.27. The molecule has 146 valence electrons. The van der Waals surface area contributed by atoms with Crippen LogP contribution in [0.1, 0.15) is 19.2 Å². The number of hydrogen-bond donors (Lipinski definition) is 2. The molecule has 2 rings (SSSR count). The highest BCUT2D eigenvalue weighted by Crippen LogP contribution is 2.28. The summed E-state index contributed by atoms with van der Waals surface area (Å²) >= 11 is 1.14. The van der Waals surface area contributed by atoms with Crippen LogP contribution in [-0.4, -0.2) is 38.4 Å². The number of nitrogens with zero attached hydrogens (tertiary/aromatic N) is 3. The van der Waals surface area contributed by atoms with Crippen LogP contribution in [0.25, 0.3) is 0 Å². The van der Waals surface area contributed by atoms with Gasteiger partial charge in [0, 0.05) is 19.9 Å². The molecule has 1 atom stereocenters. The minimum Gasteiger partial charge on any atom is -0.433 e. The van der Waals surface area contributed by atoms with Crippen molar-refractivity contribution in [2.75, 3.05) is 5.32 Å². The van der Waals surface area contributed by atoms with Crippen LogP contribution in [0.2, 0.25) is 0 Å². The number of ether oxygens (including phenoxy) is 1. The zero-order chi connectivity index (χ0) is 20.0. The van der Waals surface area contributed by atoms with Gasteiger partial charge in [0.25, 0.3) is 0 Å². The number of rotatable bonds is 9. The van der Waals surface area contributed by atoms with Crippen molar-refractivity contribution >= 4 is 29.3 Å². The third kappa shape index (κ3) is 5.91. The van der Waals surface area contributed by atoms with Crippen molar-refractivity contribution in [3.05, 3.63) is 30.1 Å². The normalized spacial score (nSPS) is 12.0. The van der Waals surface area contributed by atoms with Gasteiger partial charge in [-0.15, -0.1) is 10.2 Å². The molecule has 1 heterocycles. The lowest BCUT2D eigenvalue weighted by Crippen LogP contribution is -2.23. The SMILES string of the molecule is C[C@H](Sc1nnc(CCC(N)=O)n1C)C(=O)Nc1ccccc1OC(F)F. The van der Waals surface area contributed by atoms with Gasteiger partial charge in [0.1, 0.15) is 11.6 Å². The molecule has 2 amide bonds. The van der Waals surface area contributed by atoms with E-state index in [4.69, 9.17) is 5.73 Å². The molecule has 0 saturated carbocycles. The van der Waals surface area contributed by atoms with Crippen LogP contribution in [0, 0.1) is 0 Å². The van der Waals surface area contributed by atoms with Gasteiger partial charge in [-0.2, -0.15) is 8.78 Å². The van der Waals surface area contributed by atoms with E-state index >= 15 is 0 Å². The van der Waals surface area contributed by atoms with E-state index in [1.165, 1.54) is 18.2 Å². The van der Waals surface area contributed by atoms with Gasteiger partial charge < -0.3 is 20.4 Å². The van der Waals surface area contributed by atoms with Gasteiger partial charge in [-0.1, -0.05) is 23.9 Å². The molecule has 0 aliphatic rings. The Bertz CT molecular complexity index is 815. The van der Waals surface area contributed by atoms with Crippen molar-refractivity contribution < 1.29 is 23.1 Å². The largest absolute Gasteiger partial charge is 0.433 e. The molecule has 0 unspecified atom stereocenters. The van der Waals surface area contributed by atoms with Gasteiger partial charge in [-0.05, 0) is 19.1 Å². The van der Waals surface area contributed by atoms with Gasteiger partial charge in [-0.3, -0.25) is 9.59 Å². The number of amides is 2. The van der Waals surface area contributed by atoms with E-state index in [2.05, 4.69) is 20.3 Å². The Balaban J connectivity index is 2.01. The highest BCUT2D eigenvalue weighted by molar-refractivity contribution is 8.00. The number of aryl methyl sites for hydroxylation is 1. The minimum atomic E-state index is -2.99. The fraction of sp³-hybridized carbons (Fsp3) is 0.375. The molecular formula is C16H19F2N5O3S. The van der Waals surface area contributed by atoms with Gasteiger partial charge in [0.15, 0.2) is 5.16 Å². The van der Waals surface area contributed by atoms with E-state index in [0.717, 1.165) is 11.8 Å². The minimum absolute atomic E-state index is 0.120. The van der Waals surface area contributed by atoms with E-state index in [0.29, 0.717) is 17.4 Å². The maximum Gasteiger partial charge on any atom is 0.387 e. The highest BCUT2D eigenvalue weighted by atomic mass is 32.2. The van der Waals surface area contributed by atoms with E-state index in [1.54, 1.807) is 24.6 Å². The average Bonchev–Trinajstić information content (AvgIpc) is 2.94. The number of halogens is 2. The fourth-order valence-corrected chi connectivity index (χ4v) is 2.95. The Kier molecular flexibility index (Phi) is 7.11. The first-order valence-electron chi connectivity index (χ1n) is 7.96. The van der Waals surface area contributed by atoms with Crippen LogP contribution in [0.15, 0.2) is 29.4 Å². The molecule has 11 heteroatoms. The number of hydrogen-bond acceptors (Lipinski definition) is 6. The van der Waals surface area contributed by atoms with Crippen LogP contribution in [0.5, 0.6) is 5.75 Å². The predicted molar refractivity (Wildman–Crippen MR) is 95.5 cm³/mol. The van der Waals surface area contributed by atoms with Crippen LogP contribution in [0.4, 0.5) is 14.5 Å². The highest BCUT2D eigenvalue weighted by Gasteiger charge is 2.20. The third-order valence-corrected chi connectivity index (χ3v) is 4.67. The molecule has 2 aromatic rings. The lowest BCUT2D eigenvalue weighted by atomic mass is 10.3. The lowest BCUT2D eigenvalue weighted by molar-refractivity contribution is -0.118. The third-order valence-electron chi connectivity index (χ3n) is 3.53. The molecule has 1 aromatic heterocycles. The second-order valence-corrected chi connectivity index (χ2v) is 6.86. The van der Waals surface area contributed by atoms with Crippen LogP contribution < -0.4 is 15.8 Å². The number of para-hydroxylation sites is 2. The first-order chi connectivity index (χ1) is 12.8. The molecule has 0 aliphatic heterocycles. The standard InChI is InChI=1S/C16H19F2N5O3S/c1-9(27-16-22-21-13(23(16)2)8-7-12(19)24)14(25)20-10-5-3-4-6-11(10)26-15(17)18/h3-6,9,15H,7-8H2,1-2H3,(H2,19,24)(H,20,25)/t9-/m0/s1. The summed E-state index contributed by atoms with van der Waals surface area (Å²) in [4.78, 5) is 23.3. The summed E-state index contributed by atoms with van der Waals surface area (Å²) in [7, 11) is 1.72. The van der Waals surface area contributed by atoms with Gasteiger partial charge >= 0.3 is 6.61 Å². The molecule has 1 aromatic carbocycles. The summed E-state index contributed by atoms with van der Waals surface area (Å²) in [5.74, 6) is -0.401. The molecule has 0 saturated heterocycles. The molecular weight excluding hydrogens is 380 g/mol. The number of nitrogens with one attached hydrogen (secondary N) is 1. The molecule has 0 bridgehead atoms. The van der Waals surface area contributed by atoms with E-state index < -0.39 is 23.7 Å². The number of aromatic nitrogens is 3. The Morgan fingerprint density at radius 1 is 1.33 bits per heavy atom. The molecule has 0 fully saturated rings. The smallest absolute Gasteiger partial charge is 0.387 e. The van der Waals surface area contributed by atoms with Crippen molar-refractivity contribution in [2.45, 2.75) is 36.8 Å². The summed E-state index contributed by atoms with van der Waals surface area (Å²) < 4.78 is 31.0. The summed E-state index contributed by atoms with van der Waals surface area (Å²) in [5, 5.41) is 10.4. The average molecular weight is 399 g/mol. The molecule has 3 N–H and O–H groups in total. The number of alkyl halides is 2. The maximum atomic E-state index is 12.5. The number of benzene rings is 1. The van der Waals surface area contributed by atoms with Crippen molar-refractivity contribution in [1.29, 1.82) is 0 Å². The quantitative estimate of drug-likeness (QED) is 0.624. The topological polar surface area (TPSA) is 112 Å². The number of thioether (sulfide) groups is 1. The number of nitrogens with two attached hydrogens (primary N) is 1. The number of anilines is 1. The molecule has 8 nitrogen and oxygen atoms in total. The number of carbonyl (C=O) groups is 2. The van der Waals surface area contributed by atoms with E-state index in [9.17, 15) is 18.4 Å². The van der Waals surface area contributed by atoms with Crippen LogP contribution in [0.3, 0.4) is 0 Å². The Hall–Kier alpha value is -2.69. The molecule has 0 spiro atoms. The van der Waals surface area contributed by atoms with E-state index in [-0.39, 0.29) is 17.9 Å².